The number of anilines is 2. The lowest BCUT2D eigenvalue weighted by Gasteiger charge is -2.31. The van der Waals surface area contributed by atoms with E-state index in [0.29, 0.717) is 22.7 Å². The van der Waals surface area contributed by atoms with Crippen LogP contribution in [0.25, 0.3) is 0 Å². The summed E-state index contributed by atoms with van der Waals surface area (Å²) in [5.74, 6) is -0.692. The predicted octanol–water partition coefficient (Wildman–Crippen LogP) is 5.65. The van der Waals surface area contributed by atoms with Crippen LogP contribution in [0.3, 0.4) is 0 Å². The summed E-state index contributed by atoms with van der Waals surface area (Å²) in [6, 6.07) is 14.9. The molecule has 0 saturated carbocycles. The first kappa shape index (κ1) is 23.5. The van der Waals surface area contributed by atoms with Crippen molar-refractivity contribution in [2.75, 3.05) is 24.3 Å². The molecular weight excluding hydrogens is 425 g/mol. The fourth-order valence-corrected chi connectivity index (χ4v) is 4.04. The van der Waals surface area contributed by atoms with Gasteiger partial charge in [-0.3, -0.25) is 9.59 Å². The van der Waals surface area contributed by atoms with E-state index in [1.165, 1.54) is 35.6 Å². The van der Waals surface area contributed by atoms with Crippen LogP contribution in [0.5, 0.6) is 0 Å². The fourth-order valence-electron chi connectivity index (χ4n) is 3.42. The zero-order valence-electron chi connectivity index (χ0n) is 18.8. The third-order valence-electron chi connectivity index (χ3n) is 5.38. The van der Waals surface area contributed by atoms with Crippen LogP contribution in [0.15, 0.2) is 60.0 Å². The normalized spacial score (nSPS) is 11.7. The maximum atomic E-state index is 13.4. The number of nitrogens with one attached hydrogen (secondary N) is 1. The Morgan fingerprint density at radius 2 is 1.81 bits per heavy atom. The van der Waals surface area contributed by atoms with Crippen molar-refractivity contribution < 1.29 is 14.0 Å². The first-order chi connectivity index (χ1) is 15.3. The molecule has 0 aliphatic rings. The van der Waals surface area contributed by atoms with Crippen molar-refractivity contribution >= 4 is 34.5 Å². The van der Waals surface area contributed by atoms with E-state index in [-0.39, 0.29) is 23.7 Å². The van der Waals surface area contributed by atoms with Crippen molar-refractivity contribution in [1.29, 1.82) is 0 Å². The van der Waals surface area contributed by atoms with E-state index in [9.17, 15) is 14.0 Å². The van der Waals surface area contributed by atoms with E-state index in [4.69, 9.17) is 0 Å². The number of nitrogens with zero attached hydrogens (tertiary/aromatic N) is 2. The molecule has 2 amide bonds. The van der Waals surface area contributed by atoms with Gasteiger partial charge in [-0.2, -0.15) is 0 Å². The SMILES string of the molecule is CC[C@@H](C)N(Cc1cc(NC(=O)c2cccs2)ccc1N(C)C)C(=O)c1ccc(F)cc1. The molecule has 0 fully saturated rings. The highest BCUT2D eigenvalue weighted by molar-refractivity contribution is 7.12. The van der Waals surface area contributed by atoms with Crippen molar-refractivity contribution in [2.45, 2.75) is 32.9 Å². The smallest absolute Gasteiger partial charge is 0.265 e. The summed E-state index contributed by atoms with van der Waals surface area (Å²) in [5.41, 5.74) is 2.98. The molecule has 7 heteroatoms. The second-order valence-electron chi connectivity index (χ2n) is 7.87. The molecule has 0 bridgehead atoms. The molecule has 5 nitrogen and oxygen atoms in total. The Balaban J connectivity index is 1.92. The van der Waals surface area contributed by atoms with Crippen LogP contribution in [0.4, 0.5) is 15.8 Å². The number of carbonyl (C=O) groups is 2. The summed E-state index contributed by atoms with van der Waals surface area (Å²) in [4.78, 5) is 30.2. The summed E-state index contributed by atoms with van der Waals surface area (Å²) in [6.07, 6.45) is 0.777. The van der Waals surface area contributed by atoms with Gasteiger partial charge in [-0.1, -0.05) is 13.0 Å². The van der Waals surface area contributed by atoms with E-state index < -0.39 is 0 Å². The van der Waals surface area contributed by atoms with E-state index >= 15 is 0 Å². The molecule has 3 rings (SSSR count). The third-order valence-corrected chi connectivity index (χ3v) is 6.25. The lowest BCUT2D eigenvalue weighted by Crippen LogP contribution is -2.38. The quantitative estimate of drug-likeness (QED) is 0.480. The van der Waals surface area contributed by atoms with Crippen LogP contribution in [-0.4, -0.2) is 36.9 Å². The topological polar surface area (TPSA) is 52.7 Å². The van der Waals surface area contributed by atoms with Crippen LogP contribution in [0.1, 0.15) is 45.9 Å². The van der Waals surface area contributed by atoms with Crippen molar-refractivity contribution in [1.82, 2.24) is 4.90 Å². The molecule has 32 heavy (non-hydrogen) atoms. The highest BCUT2D eigenvalue weighted by Gasteiger charge is 2.23. The summed E-state index contributed by atoms with van der Waals surface area (Å²) in [5, 5.41) is 4.80. The molecule has 0 radical (unpaired) electrons. The highest BCUT2D eigenvalue weighted by Crippen LogP contribution is 2.27. The Kier molecular flexibility index (Phi) is 7.64. The van der Waals surface area contributed by atoms with E-state index in [0.717, 1.165) is 17.7 Å². The Morgan fingerprint density at radius 1 is 1.09 bits per heavy atom. The first-order valence-electron chi connectivity index (χ1n) is 10.5. The van der Waals surface area contributed by atoms with Gasteiger partial charge in [-0.05, 0) is 72.8 Å². The van der Waals surface area contributed by atoms with Gasteiger partial charge < -0.3 is 15.1 Å². The molecule has 0 saturated heterocycles. The number of thiophene rings is 1. The number of hydrogen-bond acceptors (Lipinski definition) is 4. The summed E-state index contributed by atoms with van der Waals surface area (Å²) in [7, 11) is 3.89. The first-order valence-corrected chi connectivity index (χ1v) is 11.4. The number of rotatable bonds is 8. The van der Waals surface area contributed by atoms with Crippen LogP contribution in [0.2, 0.25) is 0 Å². The molecule has 168 valence electrons. The molecule has 1 aromatic heterocycles. The monoisotopic (exact) mass is 453 g/mol. The van der Waals surface area contributed by atoms with E-state index in [1.54, 1.807) is 11.0 Å². The van der Waals surface area contributed by atoms with E-state index in [1.807, 2.05) is 62.5 Å². The van der Waals surface area contributed by atoms with Crippen molar-refractivity contribution in [2.24, 2.45) is 0 Å². The van der Waals surface area contributed by atoms with Gasteiger partial charge in [0, 0.05) is 43.6 Å². The minimum Gasteiger partial charge on any atom is -0.377 e. The van der Waals surface area contributed by atoms with Crippen LogP contribution < -0.4 is 10.2 Å². The van der Waals surface area contributed by atoms with Crippen LogP contribution in [-0.2, 0) is 6.54 Å². The Morgan fingerprint density at radius 3 is 2.41 bits per heavy atom. The second kappa shape index (κ2) is 10.4. The molecule has 0 aliphatic heterocycles. The molecule has 1 heterocycles. The predicted molar refractivity (Wildman–Crippen MR) is 129 cm³/mol. The standard InChI is InChI=1S/C25H28FN3O2S/c1-5-17(2)29(25(31)18-8-10-20(26)11-9-18)16-19-15-21(12-13-22(19)28(3)4)27-24(30)23-7-6-14-32-23/h6-15,17H,5,16H2,1-4H3,(H,27,30)/t17-/m1/s1. The molecule has 0 aliphatic carbocycles. The van der Waals surface area contributed by atoms with Gasteiger partial charge in [-0.25, -0.2) is 4.39 Å². The molecule has 2 aromatic carbocycles. The molecule has 0 spiro atoms. The minimum atomic E-state index is -0.374. The van der Waals surface area contributed by atoms with Crippen molar-refractivity contribution in [3.63, 3.8) is 0 Å². The average Bonchev–Trinajstić information content (AvgIpc) is 3.32. The fraction of sp³-hybridized carbons (Fsp3) is 0.280. The zero-order valence-corrected chi connectivity index (χ0v) is 19.6. The Hall–Kier alpha value is -3.19. The second-order valence-corrected chi connectivity index (χ2v) is 8.81. The molecule has 0 unspecified atom stereocenters. The number of benzene rings is 2. The maximum absolute atomic E-state index is 13.4. The van der Waals surface area contributed by atoms with Crippen LogP contribution >= 0.6 is 11.3 Å². The van der Waals surface area contributed by atoms with Gasteiger partial charge in [0.25, 0.3) is 11.8 Å². The molecule has 3 aromatic rings. The van der Waals surface area contributed by atoms with Gasteiger partial charge in [0.2, 0.25) is 0 Å². The highest BCUT2D eigenvalue weighted by atomic mass is 32.1. The third kappa shape index (κ3) is 5.53. The number of carbonyl (C=O) groups excluding carboxylic acids is 2. The summed E-state index contributed by atoms with van der Waals surface area (Å²) >= 11 is 1.38. The zero-order chi connectivity index (χ0) is 23.3. The molecule has 1 atom stereocenters. The lowest BCUT2D eigenvalue weighted by molar-refractivity contribution is 0.0671. The van der Waals surface area contributed by atoms with E-state index in [2.05, 4.69) is 5.32 Å². The van der Waals surface area contributed by atoms with Gasteiger partial charge >= 0.3 is 0 Å². The Labute approximate surface area is 192 Å². The number of halogens is 1. The van der Waals surface area contributed by atoms with Crippen LogP contribution in [0, 0.1) is 5.82 Å². The largest absolute Gasteiger partial charge is 0.377 e. The van der Waals surface area contributed by atoms with Gasteiger partial charge in [0.05, 0.1) is 4.88 Å². The van der Waals surface area contributed by atoms with Gasteiger partial charge in [-0.15, -0.1) is 11.3 Å². The van der Waals surface area contributed by atoms with Gasteiger partial charge in [0.1, 0.15) is 5.82 Å². The lowest BCUT2D eigenvalue weighted by atomic mass is 10.1. The summed E-state index contributed by atoms with van der Waals surface area (Å²) in [6.45, 7) is 4.39. The average molecular weight is 454 g/mol. The number of amides is 2. The number of hydrogen-bond donors (Lipinski definition) is 1. The summed E-state index contributed by atoms with van der Waals surface area (Å²) < 4.78 is 13.4. The molecule has 1 N–H and O–H groups in total. The Bertz CT molecular complexity index is 1070. The maximum Gasteiger partial charge on any atom is 0.265 e. The van der Waals surface area contributed by atoms with Gasteiger partial charge in [0.15, 0.2) is 0 Å². The van der Waals surface area contributed by atoms with Crippen molar-refractivity contribution in [3.8, 4) is 0 Å². The molecular formula is C25H28FN3O2S. The minimum absolute atomic E-state index is 0.0214. The van der Waals surface area contributed by atoms with Crippen molar-refractivity contribution in [3.05, 3.63) is 81.8 Å².